The minimum absolute atomic E-state index is 0.154. The lowest BCUT2D eigenvalue weighted by Crippen LogP contribution is -2.52. The zero-order chi connectivity index (χ0) is 26.5. The molecule has 2 bridgehead atoms. The molecule has 2 aliphatic heterocycles. The van der Waals surface area contributed by atoms with Crippen LogP contribution in [-0.4, -0.2) is 59.6 Å². The van der Waals surface area contributed by atoms with Crippen molar-refractivity contribution in [3.05, 3.63) is 87.4 Å². The molecular weight excluding hydrogens is 485 g/mol. The van der Waals surface area contributed by atoms with Crippen molar-refractivity contribution in [1.29, 1.82) is 0 Å². The molecular formula is C23H21F3N4O6. The number of aromatic nitrogens is 1. The highest BCUT2D eigenvalue weighted by atomic mass is 19.1. The van der Waals surface area contributed by atoms with Crippen molar-refractivity contribution in [2.75, 3.05) is 25.9 Å². The molecule has 1 aromatic carbocycles. The van der Waals surface area contributed by atoms with Gasteiger partial charge in [0.15, 0.2) is 11.4 Å². The van der Waals surface area contributed by atoms with Crippen molar-refractivity contribution in [1.82, 2.24) is 14.9 Å². The maximum absolute atomic E-state index is 13.9. The summed E-state index contributed by atoms with van der Waals surface area (Å²) in [6.07, 6.45) is -0.661. The zero-order valence-corrected chi connectivity index (χ0v) is 19.2. The molecule has 2 N–H and O–H groups in total. The number of methoxy groups -OCH3 is 2. The number of hydrogen-bond donors (Lipinski definition) is 2. The van der Waals surface area contributed by atoms with E-state index in [1.165, 1.54) is 24.1 Å². The Morgan fingerprint density at radius 3 is 2.28 bits per heavy atom. The van der Waals surface area contributed by atoms with E-state index in [0.29, 0.717) is 12.1 Å². The van der Waals surface area contributed by atoms with Gasteiger partial charge in [-0.05, 0) is 0 Å². The highest BCUT2D eigenvalue weighted by Crippen LogP contribution is 2.33. The van der Waals surface area contributed by atoms with Gasteiger partial charge in [-0.3, -0.25) is 24.3 Å². The Kier molecular flexibility index (Phi) is 6.37. The van der Waals surface area contributed by atoms with E-state index in [4.69, 9.17) is 9.47 Å². The number of carbonyl (C=O) groups excluding carboxylic acids is 2. The number of halogens is 3. The number of carbonyl (C=O) groups is 2. The predicted octanol–water partition coefficient (Wildman–Crippen LogP) is 1.32. The molecule has 2 amide bonds. The molecule has 0 saturated carbocycles. The summed E-state index contributed by atoms with van der Waals surface area (Å²) in [4.78, 5) is 40.0. The molecule has 1 aromatic heterocycles. The lowest BCUT2D eigenvalue weighted by molar-refractivity contribution is -0.00378. The Hall–Kier alpha value is -4.10. The Bertz CT molecular complexity index is 1350. The lowest BCUT2D eigenvalue weighted by atomic mass is 10.1. The molecule has 2 atom stereocenters. The summed E-state index contributed by atoms with van der Waals surface area (Å²) in [5, 5.41) is 14.2. The van der Waals surface area contributed by atoms with Crippen molar-refractivity contribution in [2.24, 2.45) is 0 Å². The quantitative estimate of drug-likeness (QED) is 0.629. The monoisotopic (exact) mass is 506 g/mol. The highest BCUT2D eigenvalue weighted by Gasteiger charge is 2.45. The molecule has 2 aromatic rings. The van der Waals surface area contributed by atoms with Gasteiger partial charge in [0.1, 0.15) is 41.9 Å². The molecule has 13 heteroatoms. The second-order valence-electron chi connectivity index (χ2n) is 8.01. The molecule has 0 unspecified atom stereocenters. The first-order valence-electron chi connectivity index (χ1n) is 10.4. The number of rotatable bonds is 5. The summed E-state index contributed by atoms with van der Waals surface area (Å²) in [6.45, 7) is 6.99. The van der Waals surface area contributed by atoms with Crippen molar-refractivity contribution in [2.45, 2.75) is 18.8 Å². The fraction of sp³-hybridized carbons (Fsp3) is 0.261. The van der Waals surface area contributed by atoms with Gasteiger partial charge in [0.2, 0.25) is 5.43 Å². The molecule has 1 fully saturated rings. The molecule has 1 saturated heterocycles. The van der Waals surface area contributed by atoms with E-state index in [9.17, 15) is 32.7 Å². The lowest BCUT2D eigenvalue weighted by Gasteiger charge is -2.38. The minimum atomic E-state index is -1.23. The Balaban J connectivity index is 1.76. The number of ether oxygens (including phenoxy) is 2. The number of aromatic hydroxyl groups is 1. The van der Waals surface area contributed by atoms with Gasteiger partial charge in [-0.25, -0.2) is 17.8 Å². The number of pyridine rings is 1. The molecule has 0 aliphatic carbocycles. The van der Waals surface area contributed by atoms with Crippen molar-refractivity contribution in [3.8, 4) is 5.75 Å². The van der Waals surface area contributed by atoms with Crippen LogP contribution in [0, 0.1) is 17.5 Å². The van der Waals surface area contributed by atoms with Crippen LogP contribution in [-0.2, 0) is 16.0 Å². The SMILES string of the molecule is C=C1[C@H](OC)[C@H](OC)C(=C)N2CN1C(=O)c1c(O)c(=O)c(C(=O)NCc3c(F)cc(F)cc3F)cn12. The Morgan fingerprint density at radius 2 is 1.69 bits per heavy atom. The first kappa shape index (κ1) is 25.0. The van der Waals surface area contributed by atoms with E-state index in [2.05, 4.69) is 18.5 Å². The zero-order valence-electron chi connectivity index (χ0n) is 19.2. The Morgan fingerprint density at radius 1 is 1.11 bits per heavy atom. The average molecular weight is 506 g/mol. The van der Waals surface area contributed by atoms with E-state index in [1.54, 1.807) is 0 Å². The van der Waals surface area contributed by atoms with E-state index < -0.39 is 76.0 Å². The number of nitrogens with one attached hydrogen (secondary N) is 1. The van der Waals surface area contributed by atoms with Gasteiger partial charge >= 0.3 is 0 Å². The van der Waals surface area contributed by atoms with E-state index in [0.717, 1.165) is 10.9 Å². The first-order chi connectivity index (χ1) is 17.0. The third kappa shape index (κ3) is 3.82. The number of fused-ring (bicyclic) bond motifs is 4. The number of hydrogen-bond acceptors (Lipinski definition) is 7. The fourth-order valence-electron chi connectivity index (χ4n) is 4.16. The smallest absolute Gasteiger partial charge is 0.282 e. The normalized spacial score (nSPS) is 19.3. The van der Waals surface area contributed by atoms with Crippen LogP contribution < -0.4 is 15.8 Å². The van der Waals surface area contributed by atoms with E-state index in [1.807, 2.05) is 0 Å². The van der Waals surface area contributed by atoms with E-state index >= 15 is 0 Å². The van der Waals surface area contributed by atoms with Crippen LogP contribution in [0.5, 0.6) is 5.75 Å². The third-order valence-electron chi connectivity index (χ3n) is 6.04. The van der Waals surface area contributed by atoms with Gasteiger partial charge in [0.05, 0.1) is 5.70 Å². The predicted molar refractivity (Wildman–Crippen MR) is 119 cm³/mol. The summed E-state index contributed by atoms with van der Waals surface area (Å²) in [7, 11) is 2.77. The topological polar surface area (TPSA) is 113 Å². The molecule has 4 rings (SSSR count). The van der Waals surface area contributed by atoms with Gasteiger partial charge in [-0.15, -0.1) is 0 Å². The molecule has 190 valence electrons. The van der Waals surface area contributed by atoms with Crippen molar-refractivity contribution < 1.29 is 37.3 Å². The number of benzene rings is 1. The largest absolute Gasteiger partial charge is 0.502 e. The molecule has 2 aliphatic rings. The summed E-state index contributed by atoms with van der Waals surface area (Å²) in [6, 6.07) is 0.889. The van der Waals surface area contributed by atoms with Crippen LogP contribution in [0.3, 0.4) is 0 Å². The second-order valence-corrected chi connectivity index (χ2v) is 8.01. The van der Waals surface area contributed by atoms with Gasteiger partial charge < -0.3 is 19.9 Å². The fourth-order valence-corrected chi connectivity index (χ4v) is 4.16. The highest BCUT2D eigenvalue weighted by molar-refractivity contribution is 6.00. The van der Waals surface area contributed by atoms with Crippen LogP contribution in [0.15, 0.2) is 47.7 Å². The van der Waals surface area contributed by atoms with Gasteiger partial charge in [-0.1, -0.05) is 13.2 Å². The molecule has 36 heavy (non-hydrogen) atoms. The summed E-state index contributed by atoms with van der Waals surface area (Å²) >= 11 is 0. The van der Waals surface area contributed by atoms with Crippen LogP contribution in [0.4, 0.5) is 13.2 Å². The maximum atomic E-state index is 13.9. The summed E-state index contributed by atoms with van der Waals surface area (Å²) in [5.74, 6) is -6.54. The molecule has 0 spiro atoms. The summed E-state index contributed by atoms with van der Waals surface area (Å²) in [5.41, 5.74) is -2.48. The van der Waals surface area contributed by atoms with Gasteiger partial charge in [-0.2, -0.15) is 0 Å². The molecule has 3 heterocycles. The minimum Gasteiger partial charge on any atom is -0.502 e. The molecule has 10 nitrogen and oxygen atoms in total. The van der Waals surface area contributed by atoms with E-state index in [-0.39, 0.29) is 18.1 Å². The number of nitrogens with zero attached hydrogens (tertiary/aromatic N) is 3. The van der Waals surface area contributed by atoms with Crippen LogP contribution in [0.2, 0.25) is 0 Å². The second kappa shape index (κ2) is 9.17. The Labute approximate surface area is 202 Å². The standard InChI is InChI=1S/C23H21F3N4O6/c1-10-20(35-3)21(36-4)11(2)30-9-28(10)23(34)17-19(32)18(31)14(8-29(17)30)22(33)27-7-13-15(25)5-12(24)6-16(13)26/h5-6,8,20-21,32H,1-2,7,9H2,3-4H3,(H,27,33)/t20-,21+/m0/s1. The maximum Gasteiger partial charge on any atom is 0.282 e. The third-order valence-corrected chi connectivity index (χ3v) is 6.04. The number of amides is 2. The van der Waals surface area contributed by atoms with Gasteiger partial charge in [0.25, 0.3) is 11.8 Å². The van der Waals surface area contributed by atoms with Crippen molar-refractivity contribution in [3.63, 3.8) is 0 Å². The summed E-state index contributed by atoms with van der Waals surface area (Å²) < 4.78 is 53.0. The average Bonchev–Trinajstić information content (AvgIpc) is 2.91. The molecule has 0 radical (unpaired) electrons. The van der Waals surface area contributed by atoms with Crippen LogP contribution >= 0.6 is 0 Å². The van der Waals surface area contributed by atoms with Crippen molar-refractivity contribution >= 4 is 11.8 Å². The van der Waals surface area contributed by atoms with Gasteiger partial charge in [0, 0.05) is 50.4 Å². The first-order valence-corrected chi connectivity index (χ1v) is 10.4. The van der Waals surface area contributed by atoms with Crippen LogP contribution in [0.1, 0.15) is 26.4 Å². The van der Waals surface area contributed by atoms with Crippen LogP contribution in [0.25, 0.3) is 0 Å².